The van der Waals surface area contributed by atoms with Crippen LogP contribution in [-0.2, 0) is 9.53 Å². The second-order valence-corrected chi connectivity index (χ2v) is 4.68. The average Bonchev–Trinajstić information content (AvgIpc) is 2.45. The summed E-state index contributed by atoms with van der Waals surface area (Å²) >= 11 is 0. The molecule has 0 saturated heterocycles. The Kier molecular flexibility index (Phi) is 7.42. The number of nitrogens with one attached hydrogen (secondary N) is 1. The first-order valence-electron chi connectivity index (χ1n) is 6.74. The quantitative estimate of drug-likeness (QED) is 0.586. The summed E-state index contributed by atoms with van der Waals surface area (Å²) in [5, 5.41) is 20.1. The van der Waals surface area contributed by atoms with Crippen molar-refractivity contribution in [3.63, 3.8) is 0 Å². The van der Waals surface area contributed by atoms with Gasteiger partial charge in [-0.05, 0) is 25.7 Å². The van der Waals surface area contributed by atoms with Gasteiger partial charge in [-0.25, -0.2) is 9.59 Å². The highest BCUT2D eigenvalue weighted by molar-refractivity contribution is 5.71. The minimum absolute atomic E-state index is 0.186. The Morgan fingerprint density at radius 2 is 2.15 bits per heavy atom. The summed E-state index contributed by atoms with van der Waals surface area (Å²) < 4.78 is 5.07. The highest BCUT2D eigenvalue weighted by Crippen LogP contribution is 2.11. The SMILES string of the molecule is O=C(NCCCCC(O)C(=O)O)OCC1C=CC=CC1. The van der Waals surface area contributed by atoms with Crippen molar-refractivity contribution in [1.29, 1.82) is 0 Å². The van der Waals surface area contributed by atoms with E-state index in [2.05, 4.69) is 5.32 Å². The second kappa shape index (κ2) is 9.14. The van der Waals surface area contributed by atoms with Crippen molar-refractivity contribution >= 4 is 12.1 Å². The smallest absolute Gasteiger partial charge is 0.407 e. The lowest BCUT2D eigenvalue weighted by atomic mass is 10.0. The number of ether oxygens (including phenoxy) is 1. The fraction of sp³-hybridized carbons (Fsp3) is 0.571. The van der Waals surface area contributed by atoms with E-state index in [0.29, 0.717) is 26.0 Å². The van der Waals surface area contributed by atoms with E-state index in [1.807, 2.05) is 24.3 Å². The third-order valence-corrected chi connectivity index (χ3v) is 2.96. The molecule has 0 bridgehead atoms. The maximum atomic E-state index is 11.4. The van der Waals surface area contributed by atoms with Gasteiger partial charge in [-0.1, -0.05) is 24.3 Å². The van der Waals surface area contributed by atoms with Crippen LogP contribution in [-0.4, -0.2) is 41.5 Å². The third-order valence-electron chi connectivity index (χ3n) is 2.96. The van der Waals surface area contributed by atoms with Crippen molar-refractivity contribution in [2.24, 2.45) is 5.92 Å². The molecular weight excluding hydrogens is 262 g/mol. The summed E-state index contributed by atoms with van der Waals surface area (Å²) in [7, 11) is 0. The first-order valence-corrected chi connectivity index (χ1v) is 6.74. The van der Waals surface area contributed by atoms with E-state index in [1.165, 1.54) is 0 Å². The van der Waals surface area contributed by atoms with Crippen LogP contribution < -0.4 is 5.32 Å². The van der Waals surface area contributed by atoms with Gasteiger partial charge in [0.15, 0.2) is 6.10 Å². The second-order valence-electron chi connectivity index (χ2n) is 4.68. The molecule has 0 saturated carbocycles. The molecule has 2 unspecified atom stereocenters. The normalized spacial score (nSPS) is 18.6. The van der Waals surface area contributed by atoms with E-state index < -0.39 is 18.2 Å². The Balaban J connectivity index is 1.99. The first kappa shape index (κ1) is 16.2. The molecule has 3 N–H and O–H groups in total. The van der Waals surface area contributed by atoms with Crippen molar-refractivity contribution in [1.82, 2.24) is 5.32 Å². The number of alkyl carbamates (subject to hydrolysis) is 1. The summed E-state index contributed by atoms with van der Waals surface area (Å²) in [4.78, 5) is 21.7. The number of carboxylic acid groups (broad SMARTS) is 1. The number of unbranched alkanes of at least 4 members (excludes halogenated alkanes) is 1. The van der Waals surface area contributed by atoms with Crippen molar-refractivity contribution < 1.29 is 24.5 Å². The van der Waals surface area contributed by atoms with Crippen molar-refractivity contribution in [2.45, 2.75) is 31.8 Å². The molecular formula is C14H21NO5. The molecule has 6 heteroatoms. The van der Waals surface area contributed by atoms with Gasteiger partial charge in [-0.2, -0.15) is 0 Å². The highest BCUT2D eigenvalue weighted by atomic mass is 16.5. The Morgan fingerprint density at radius 1 is 1.35 bits per heavy atom. The summed E-state index contributed by atoms with van der Waals surface area (Å²) in [6, 6.07) is 0. The summed E-state index contributed by atoms with van der Waals surface area (Å²) in [6.07, 6.45) is 8.32. The molecule has 1 aliphatic carbocycles. The number of carbonyl (C=O) groups is 2. The molecule has 112 valence electrons. The Labute approximate surface area is 118 Å². The predicted molar refractivity (Wildman–Crippen MR) is 73.2 cm³/mol. The lowest BCUT2D eigenvalue weighted by Gasteiger charge is -2.13. The van der Waals surface area contributed by atoms with E-state index in [-0.39, 0.29) is 12.3 Å². The molecule has 0 spiro atoms. The number of aliphatic hydroxyl groups is 1. The van der Waals surface area contributed by atoms with E-state index in [0.717, 1.165) is 6.42 Å². The van der Waals surface area contributed by atoms with Gasteiger partial charge in [-0.3, -0.25) is 0 Å². The molecule has 1 rings (SSSR count). The van der Waals surface area contributed by atoms with E-state index in [1.54, 1.807) is 0 Å². The zero-order valence-electron chi connectivity index (χ0n) is 11.3. The maximum Gasteiger partial charge on any atom is 0.407 e. The van der Waals surface area contributed by atoms with Crippen LogP contribution in [0, 0.1) is 5.92 Å². The minimum Gasteiger partial charge on any atom is -0.479 e. The summed E-state index contributed by atoms with van der Waals surface area (Å²) in [5.74, 6) is -0.983. The van der Waals surface area contributed by atoms with Crippen LogP contribution in [0.2, 0.25) is 0 Å². The first-order chi connectivity index (χ1) is 9.59. The molecule has 1 aliphatic rings. The highest BCUT2D eigenvalue weighted by Gasteiger charge is 2.12. The fourth-order valence-electron chi connectivity index (χ4n) is 1.77. The average molecular weight is 283 g/mol. The zero-order chi connectivity index (χ0) is 14.8. The van der Waals surface area contributed by atoms with Crippen LogP contribution in [0.25, 0.3) is 0 Å². The van der Waals surface area contributed by atoms with Crippen molar-refractivity contribution in [3.05, 3.63) is 24.3 Å². The van der Waals surface area contributed by atoms with Crippen molar-refractivity contribution in [3.8, 4) is 0 Å². The largest absolute Gasteiger partial charge is 0.479 e. The summed E-state index contributed by atoms with van der Waals surface area (Å²) in [5.41, 5.74) is 0. The van der Waals surface area contributed by atoms with Crippen LogP contribution in [0.1, 0.15) is 25.7 Å². The Bertz CT molecular complexity index is 378. The molecule has 0 aliphatic heterocycles. The number of amides is 1. The molecule has 0 heterocycles. The van der Waals surface area contributed by atoms with Gasteiger partial charge in [0.25, 0.3) is 0 Å². The zero-order valence-corrected chi connectivity index (χ0v) is 11.3. The molecule has 6 nitrogen and oxygen atoms in total. The maximum absolute atomic E-state index is 11.4. The lowest BCUT2D eigenvalue weighted by Crippen LogP contribution is -2.27. The molecule has 0 radical (unpaired) electrons. The molecule has 20 heavy (non-hydrogen) atoms. The number of allylic oxidation sites excluding steroid dienone is 3. The lowest BCUT2D eigenvalue weighted by molar-refractivity contribution is -0.146. The van der Waals surface area contributed by atoms with Gasteiger partial charge in [0.1, 0.15) is 0 Å². The van der Waals surface area contributed by atoms with Gasteiger partial charge in [0.05, 0.1) is 6.61 Å². The van der Waals surface area contributed by atoms with Crippen LogP contribution >= 0.6 is 0 Å². The molecule has 2 atom stereocenters. The number of hydrogen-bond acceptors (Lipinski definition) is 4. The van der Waals surface area contributed by atoms with E-state index in [4.69, 9.17) is 14.9 Å². The number of rotatable bonds is 8. The van der Waals surface area contributed by atoms with E-state index in [9.17, 15) is 9.59 Å². The van der Waals surface area contributed by atoms with Gasteiger partial charge < -0.3 is 20.3 Å². The van der Waals surface area contributed by atoms with Crippen LogP contribution in [0.5, 0.6) is 0 Å². The summed E-state index contributed by atoms with van der Waals surface area (Å²) in [6.45, 7) is 0.760. The number of aliphatic carboxylic acids is 1. The van der Waals surface area contributed by atoms with Crippen LogP contribution in [0.15, 0.2) is 24.3 Å². The third kappa shape index (κ3) is 6.94. The van der Waals surface area contributed by atoms with Crippen molar-refractivity contribution in [2.75, 3.05) is 13.2 Å². The molecule has 0 fully saturated rings. The Hall–Kier alpha value is -1.82. The molecule has 0 aromatic carbocycles. The monoisotopic (exact) mass is 283 g/mol. The topological polar surface area (TPSA) is 95.9 Å². The number of aliphatic hydroxyl groups excluding tert-OH is 1. The van der Waals surface area contributed by atoms with Gasteiger partial charge in [0, 0.05) is 12.5 Å². The van der Waals surface area contributed by atoms with Gasteiger partial charge >= 0.3 is 12.1 Å². The van der Waals surface area contributed by atoms with Gasteiger partial charge in [0.2, 0.25) is 0 Å². The standard InChI is InChI=1S/C14H21NO5/c16-12(13(17)18)8-4-5-9-15-14(19)20-10-11-6-2-1-3-7-11/h1-3,6,11-12,16H,4-5,7-10H2,(H,15,19)(H,17,18). The number of carboxylic acids is 1. The van der Waals surface area contributed by atoms with Crippen LogP contribution in [0.4, 0.5) is 4.79 Å². The molecule has 0 aromatic rings. The molecule has 1 amide bonds. The number of hydrogen-bond donors (Lipinski definition) is 3. The Morgan fingerprint density at radius 3 is 2.80 bits per heavy atom. The van der Waals surface area contributed by atoms with Crippen LogP contribution in [0.3, 0.4) is 0 Å². The van der Waals surface area contributed by atoms with E-state index >= 15 is 0 Å². The fourth-order valence-corrected chi connectivity index (χ4v) is 1.77. The number of carbonyl (C=O) groups excluding carboxylic acids is 1. The predicted octanol–water partition coefficient (Wildman–Crippen LogP) is 1.46. The molecule has 0 aromatic heterocycles. The minimum atomic E-state index is -1.33. The van der Waals surface area contributed by atoms with Gasteiger partial charge in [-0.15, -0.1) is 0 Å².